The van der Waals surface area contributed by atoms with E-state index in [0.717, 1.165) is 25.3 Å². The van der Waals surface area contributed by atoms with E-state index in [2.05, 4.69) is 19.9 Å². The molecule has 2 rings (SSSR count). The van der Waals surface area contributed by atoms with Gasteiger partial charge in [0.15, 0.2) is 0 Å². The van der Waals surface area contributed by atoms with Gasteiger partial charge >= 0.3 is 6.61 Å². The van der Waals surface area contributed by atoms with Crippen LogP contribution in [0.3, 0.4) is 0 Å². The van der Waals surface area contributed by atoms with E-state index in [9.17, 15) is 8.78 Å². The molecule has 0 amide bonds. The molecule has 0 aromatic carbocycles. The Kier molecular flexibility index (Phi) is 3.73. The fraction of sp³-hybridized carbons (Fsp3) is 0.545. The summed E-state index contributed by atoms with van der Waals surface area (Å²) in [5.41, 5.74) is 0. The molecule has 0 aliphatic carbocycles. The summed E-state index contributed by atoms with van der Waals surface area (Å²) in [4.78, 5) is 6.24. The van der Waals surface area contributed by atoms with E-state index in [1.165, 1.54) is 12.3 Å². The van der Waals surface area contributed by atoms with Gasteiger partial charge in [-0.2, -0.15) is 8.78 Å². The number of nitrogens with zero attached hydrogens (tertiary/aromatic N) is 2. The standard InChI is InChI=1S/C11H15F2N3O/c1-14-8-4-5-16(7-8)10-3-2-9(6-15-10)17-11(12)13/h2-3,6,8,11,14H,4-5,7H2,1H3. The topological polar surface area (TPSA) is 37.4 Å². The van der Waals surface area contributed by atoms with Gasteiger partial charge in [0.25, 0.3) is 0 Å². The highest BCUT2D eigenvalue weighted by molar-refractivity contribution is 5.42. The highest BCUT2D eigenvalue weighted by atomic mass is 19.3. The van der Waals surface area contributed by atoms with Crippen molar-refractivity contribution in [2.75, 3.05) is 25.0 Å². The first-order chi connectivity index (χ1) is 8.19. The highest BCUT2D eigenvalue weighted by Gasteiger charge is 2.21. The number of likely N-dealkylation sites (N-methyl/N-ethyl adjacent to an activating group) is 1. The molecule has 1 aromatic heterocycles. The zero-order valence-electron chi connectivity index (χ0n) is 9.57. The molecule has 1 saturated heterocycles. The molecular formula is C11H15F2N3O. The van der Waals surface area contributed by atoms with E-state index < -0.39 is 6.61 Å². The summed E-state index contributed by atoms with van der Waals surface area (Å²) in [6, 6.07) is 3.69. The third-order valence-electron chi connectivity index (χ3n) is 2.87. The molecule has 0 radical (unpaired) electrons. The first-order valence-corrected chi connectivity index (χ1v) is 5.52. The first kappa shape index (κ1) is 12.0. The number of halogens is 2. The minimum Gasteiger partial charge on any atom is -0.433 e. The fourth-order valence-corrected chi connectivity index (χ4v) is 1.94. The van der Waals surface area contributed by atoms with Crippen molar-refractivity contribution in [3.8, 4) is 5.75 Å². The van der Waals surface area contributed by atoms with Crippen molar-refractivity contribution < 1.29 is 13.5 Å². The summed E-state index contributed by atoms with van der Waals surface area (Å²) in [7, 11) is 1.93. The van der Waals surface area contributed by atoms with Crippen LogP contribution in [0.1, 0.15) is 6.42 Å². The van der Waals surface area contributed by atoms with E-state index in [1.807, 2.05) is 7.05 Å². The maximum absolute atomic E-state index is 12.0. The largest absolute Gasteiger partial charge is 0.433 e. The Morgan fingerprint density at radius 3 is 2.88 bits per heavy atom. The van der Waals surface area contributed by atoms with Crippen LogP contribution in [0.25, 0.3) is 0 Å². The summed E-state index contributed by atoms with van der Waals surface area (Å²) in [5, 5.41) is 3.21. The molecule has 4 nitrogen and oxygen atoms in total. The third-order valence-corrected chi connectivity index (χ3v) is 2.87. The molecule has 6 heteroatoms. The van der Waals surface area contributed by atoms with Gasteiger partial charge in [0.2, 0.25) is 0 Å². The number of hydrogen-bond donors (Lipinski definition) is 1. The van der Waals surface area contributed by atoms with E-state index in [0.29, 0.717) is 6.04 Å². The van der Waals surface area contributed by atoms with Crippen molar-refractivity contribution in [3.05, 3.63) is 18.3 Å². The first-order valence-electron chi connectivity index (χ1n) is 5.52. The van der Waals surface area contributed by atoms with Crippen molar-refractivity contribution in [1.82, 2.24) is 10.3 Å². The number of pyridine rings is 1. The zero-order chi connectivity index (χ0) is 12.3. The Hall–Kier alpha value is -1.43. The van der Waals surface area contributed by atoms with Gasteiger partial charge in [0, 0.05) is 19.1 Å². The Morgan fingerprint density at radius 1 is 1.53 bits per heavy atom. The fourth-order valence-electron chi connectivity index (χ4n) is 1.94. The average Bonchev–Trinajstić information content (AvgIpc) is 2.78. The molecule has 1 unspecified atom stereocenters. The predicted octanol–water partition coefficient (Wildman–Crippen LogP) is 1.48. The quantitative estimate of drug-likeness (QED) is 0.869. The van der Waals surface area contributed by atoms with Gasteiger partial charge < -0.3 is 15.0 Å². The predicted molar refractivity (Wildman–Crippen MR) is 60.5 cm³/mol. The molecule has 1 aliphatic rings. The van der Waals surface area contributed by atoms with Gasteiger partial charge in [-0.25, -0.2) is 4.98 Å². The molecular weight excluding hydrogens is 228 g/mol. The van der Waals surface area contributed by atoms with Gasteiger partial charge in [0.05, 0.1) is 6.20 Å². The minimum absolute atomic E-state index is 0.0908. The molecule has 2 heterocycles. The van der Waals surface area contributed by atoms with Crippen LogP contribution in [0, 0.1) is 0 Å². The van der Waals surface area contributed by atoms with E-state index in [-0.39, 0.29) is 5.75 Å². The lowest BCUT2D eigenvalue weighted by atomic mass is 10.3. The lowest BCUT2D eigenvalue weighted by Crippen LogP contribution is -2.29. The molecule has 1 aliphatic heterocycles. The number of anilines is 1. The van der Waals surface area contributed by atoms with Crippen LogP contribution >= 0.6 is 0 Å². The molecule has 1 N–H and O–H groups in total. The summed E-state index contributed by atoms with van der Waals surface area (Å²) >= 11 is 0. The van der Waals surface area contributed by atoms with Crippen LogP contribution in [0.4, 0.5) is 14.6 Å². The summed E-state index contributed by atoms with van der Waals surface area (Å²) in [5.74, 6) is 0.887. The van der Waals surface area contributed by atoms with Gasteiger partial charge in [0.1, 0.15) is 11.6 Å². The highest BCUT2D eigenvalue weighted by Crippen LogP contribution is 2.21. The zero-order valence-corrected chi connectivity index (χ0v) is 9.57. The Balaban J connectivity index is 1.98. The summed E-state index contributed by atoms with van der Waals surface area (Å²) in [6.45, 7) is -0.991. The Labute approximate surface area is 98.6 Å². The van der Waals surface area contributed by atoms with Crippen molar-refractivity contribution in [2.24, 2.45) is 0 Å². The Bertz CT molecular complexity index is 358. The van der Waals surface area contributed by atoms with E-state index in [1.54, 1.807) is 6.07 Å². The van der Waals surface area contributed by atoms with Gasteiger partial charge in [-0.05, 0) is 25.6 Å². The lowest BCUT2D eigenvalue weighted by molar-refractivity contribution is -0.0500. The number of hydrogen-bond acceptors (Lipinski definition) is 4. The second-order valence-corrected chi connectivity index (χ2v) is 3.95. The van der Waals surface area contributed by atoms with Crippen molar-refractivity contribution in [2.45, 2.75) is 19.1 Å². The second-order valence-electron chi connectivity index (χ2n) is 3.95. The number of nitrogens with one attached hydrogen (secondary N) is 1. The third kappa shape index (κ3) is 3.03. The van der Waals surface area contributed by atoms with Crippen LogP contribution in [0.2, 0.25) is 0 Å². The van der Waals surface area contributed by atoms with Crippen LogP contribution in [-0.4, -0.2) is 37.8 Å². The number of ether oxygens (including phenoxy) is 1. The van der Waals surface area contributed by atoms with E-state index >= 15 is 0 Å². The smallest absolute Gasteiger partial charge is 0.387 e. The van der Waals surface area contributed by atoms with Crippen LogP contribution in [0.15, 0.2) is 18.3 Å². The number of alkyl halides is 2. The van der Waals surface area contributed by atoms with E-state index in [4.69, 9.17) is 0 Å². The van der Waals surface area contributed by atoms with Gasteiger partial charge in [-0.3, -0.25) is 0 Å². The van der Waals surface area contributed by atoms with Crippen LogP contribution < -0.4 is 15.0 Å². The molecule has 17 heavy (non-hydrogen) atoms. The van der Waals surface area contributed by atoms with Crippen LogP contribution in [0.5, 0.6) is 5.75 Å². The maximum atomic E-state index is 12.0. The van der Waals surface area contributed by atoms with Gasteiger partial charge in [-0.1, -0.05) is 0 Å². The lowest BCUT2D eigenvalue weighted by Gasteiger charge is -2.17. The number of aromatic nitrogens is 1. The molecule has 1 atom stereocenters. The summed E-state index contributed by atoms with van der Waals surface area (Å²) < 4.78 is 28.1. The molecule has 0 bridgehead atoms. The number of rotatable bonds is 4. The molecule has 0 saturated carbocycles. The monoisotopic (exact) mass is 243 g/mol. The van der Waals surface area contributed by atoms with Crippen LogP contribution in [-0.2, 0) is 0 Å². The van der Waals surface area contributed by atoms with Crippen molar-refractivity contribution in [3.63, 3.8) is 0 Å². The molecule has 1 fully saturated rings. The maximum Gasteiger partial charge on any atom is 0.387 e. The minimum atomic E-state index is -2.80. The SMILES string of the molecule is CNC1CCN(c2ccc(OC(F)F)cn2)C1. The van der Waals surface area contributed by atoms with Crippen molar-refractivity contribution >= 4 is 5.82 Å². The molecule has 94 valence electrons. The van der Waals surface area contributed by atoms with Gasteiger partial charge in [-0.15, -0.1) is 0 Å². The normalized spacial score (nSPS) is 20.0. The Morgan fingerprint density at radius 2 is 2.35 bits per heavy atom. The molecule has 1 aromatic rings. The summed E-state index contributed by atoms with van der Waals surface area (Å²) in [6.07, 6.45) is 2.39. The molecule has 0 spiro atoms. The average molecular weight is 243 g/mol. The van der Waals surface area contributed by atoms with Crippen molar-refractivity contribution in [1.29, 1.82) is 0 Å². The second kappa shape index (κ2) is 5.27.